The van der Waals surface area contributed by atoms with E-state index in [0.29, 0.717) is 11.4 Å². The summed E-state index contributed by atoms with van der Waals surface area (Å²) < 4.78 is 1.90. The van der Waals surface area contributed by atoms with Gasteiger partial charge in [0, 0.05) is 12.4 Å². The number of hydrogen-bond acceptors (Lipinski definition) is 3. The van der Waals surface area contributed by atoms with Crippen LogP contribution in [0.15, 0.2) is 48.8 Å². The number of pyridine rings is 1. The molecule has 3 aromatic rings. The minimum absolute atomic E-state index is 0.499. The van der Waals surface area contributed by atoms with Crippen molar-refractivity contribution >= 4 is 11.3 Å². The van der Waals surface area contributed by atoms with Crippen molar-refractivity contribution in [3.63, 3.8) is 0 Å². The topological polar surface area (TPSA) is 67.9 Å². The number of benzene rings is 1. The summed E-state index contributed by atoms with van der Waals surface area (Å²) in [6.07, 6.45) is 3.16. The SMILES string of the molecule is [C-]#[N+]c1ccc(-c2ccc3nc([C@@H](N)[C@@H](C)O)cn3c2)cc1. The molecular formula is C17H16N4O. The first-order chi connectivity index (χ1) is 10.6. The van der Waals surface area contributed by atoms with Gasteiger partial charge in [0.1, 0.15) is 5.65 Å². The first-order valence-corrected chi connectivity index (χ1v) is 6.98. The van der Waals surface area contributed by atoms with Crippen LogP contribution in [-0.4, -0.2) is 20.6 Å². The Morgan fingerprint density at radius 2 is 1.82 bits per heavy atom. The van der Waals surface area contributed by atoms with Gasteiger partial charge in [-0.15, -0.1) is 0 Å². The third kappa shape index (κ3) is 2.58. The van der Waals surface area contributed by atoms with E-state index in [1.807, 2.05) is 41.1 Å². The standard InChI is InChI=1S/C17H16N4O/c1-11(22)17(18)15-10-21-9-13(5-8-16(21)20-15)12-3-6-14(19-2)7-4-12/h3-11,17,22H,18H2,1H3/t11-,17+/m1/s1. The van der Waals surface area contributed by atoms with E-state index >= 15 is 0 Å². The molecule has 3 N–H and O–H groups in total. The highest BCUT2D eigenvalue weighted by Gasteiger charge is 2.15. The molecule has 0 aliphatic carbocycles. The zero-order valence-corrected chi connectivity index (χ0v) is 12.1. The molecular weight excluding hydrogens is 276 g/mol. The van der Waals surface area contributed by atoms with Crippen molar-refractivity contribution < 1.29 is 5.11 Å². The van der Waals surface area contributed by atoms with Crippen LogP contribution < -0.4 is 5.73 Å². The molecule has 0 saturated heterocycles. The molecule has 0 bridgehead atoms. The first-order valence-electron chi connectivity index (χ1n) is 6.98. The van der Waals surface area contributed by atoms with Crippen LogP contribution in [-0.2, 0) is 0 Å². The number of fused-ring (bicyclic) bond motifs is 1. The predicted octanol–water partition coefficient (Wildman–Crippen LogP) is 2.93. The van der Waals surface area contributed by atoms with E-state index < -0.39 is 12.1 Å². The van der Waals surface area contributed by atoms with Crippen molar-refractivity contribution in [1.82, 2.24) is 9.38 Å². The van der Waals surface area contributed by atoms with Crippen molar-refractivity contribution in [2.24, 2.45) is 5.73 Å². The van der Waals surface area contributed by atoms with Crippen molar-refractivity contribution in [2.45, 2.75) is 19.1 Å². The molecule has 0 aliphatic rings. The summed E-state index contributed by atoms with van der Waals surface area (Å²) in [6.45, 7) is 8.64. The van der Waals surface area contributed by atoms with Gasteiger partial charge in [-0.2, -0.15) is 0 Å². The maximum absolute atomic E-state index is 9.58. The summed E-state index contributed by atoms with van der Waals surface area (Å²) in [7, 11) is 0. The Morgan fingerprint density at radius 1 is 1.14 bits per heavy atom. The average Bonchev–Trinajstić information content (AvgIpc) is 2.97. The molecule has 22 heavy (non-hydrogen) atoms. The lowest BCUT2D eigenvalue weighted by atomic mass is 10.1. The fourth-order valence-electron chi connectivity index (χ4n) is 2.32. The highest BCUT2D eigenvalue weighted by Crippen LogP contribution is 2.24. The minimum Gasteiger partial charge on any atom is -0.391 e. The maximum Gasteiger partial charge on any atom is 0.187 e. The van der Waals surface area contributed by atoms with Crippen molar-refractivity contribution in [2.75, 3.05) is 0 Å². The second-order valence-corrected chi connectivity index (χ2v) is 5.27. The molecule has 2 atom stereocenters. The molecule has 0 amide bonds. The number of imidazole rings is 1. The smallest absolute Gasteiger partial charge is 0.187 e. The summed E-state index contributed by atoms with van der Waals surface area (Å²) in [5.74, 6) is 0. The molecule has 3 rings (SSSR count). The molecule has 5 nitrogen and oxygen atoms in total. The lowest BCUT2D eigenvalue weighted by Crippen LogP contribution is -2.23. The van der Waals surface area contributed by atoms with E-state index in [1.165, 1.54) is 0 Å². The summed E-state index contributed by atoms with van der Waals surface area (Å²) in [6, 6.07) is 10.8. The average molecular weight is 292 g/mol. The fraction of sp³-hybridized carbons (Fsp3) is 0.176. The quantitative estimate of drug-likeness (QED) is 0.729. The summed E-state index contributed by atoms with van der Waals surface area (Å²) in [4.78, 5) is 7.83. The molecule has 0 saturated carbocycles. The van der Waals surface area contributed by atoms with Crippen LogP contribution in [0.5, 0.6) is 0 Å². The molecule has 0 spiro atoms. The molecule has 110 valence electrons. The van der Waals surface area contributed by atoms with E-state index in [4.69, 9.17) is 12.3 Å². The van der Waals surface area contributed by atoms with Gasteiger partial charge in [-0.25, -0.2) is 9.83 Å². The van der Waals surface area contributed by atoms with E-state index in [1.54, 1.807) is 19.1 Å². The van der Waals surface area contributed by atoms with Gasteiger partial charge in [-0.1, -0.05) is 24.3 Å². The van der Waals surface area contributed by atoms with Crippen LogP contribution in [0, 0.1) is 6.57 Å². The molecule has 0 unspecified atom stereocenters. The zero-order chi connectivity index (χ0) is 15.7. The van der Waals surface area contributed by atoms with E-state index in [2.05, 4.69) is 9.83 Å². The van der Waals surface area contributed by atoms with Crippen molar-refractivity contribution in [3.8, 4) is 11.1 Å². The monoisotopic (exact) mass is 292 g/mol. The third-order valence-corrected chi connectivity index (χ3v) is 3.66. The van der Waals surface area contributed by atoms with Crippen molar-refractivity contribution in [1.29, 1.82) is 0 Å². The van der Waals surface area contributed by atoms with Gasteiger partial charge in [-0.3, -0.25) is 0 Å². The Balaban J connectivity index is 2.00. The lowest BCUT2D eigenvalue weighted by Gasteiger charge is -2.10. The van der Waals surface area contributed by atoms with Crippen LogP contribution in [0.2, 0.25) is 0 Å². The minimum atomic E-state index is -0.648. The third-order valence-electron chi connectivity index (χ3n) is 3.66. The van der Waals surface area contributed by atoms with Crippen LogP contribution in [0.3, 0.4) is 0 Å². The van der Waals surface area contributed by atoms with Gasteiger partial charge in [0.2, 0.25) is 0 Å². The van der Waals surface area contributed by atoms with Gasteiger partial charge in [0.25, 0.3) is 0 Å². The van der Waals surface area contributed by atoms with Crippen LogP contribution in [0.1, 0.15) is 18.7 Å². The summed E-state index contributed by atoms with van der Waals surface area (Å²) in [5.41, 5.74) is 10.1. The van der Waals surface area contributed by atoms with Gasteiger partial charge >= 0.3 is 0 Å². The summed E-state index contributed by atoms with van der Waals surface area (Å²) in [5, 5.41) is 9.58. The van der Waals surface area contributed by atoms with E-state index in [9.17, 15) is 5.11 Å². The molecule has 0 fully saturated rings. The summed E-state index contributed by atoms with van der Waals surface area (Å²) >= 11 is 0. The predicted molar refractivity (Wildman–Crippen MR) is 85.5 cm³/mol. The number of rotatable bonds is 3. The second-order valence-electron chi connectivity index (χ2n) is 5.27. The number of aromatic nitrogens is 2. The van der Waals surface area contributed by atoms with E-state index in [0.717, 1.165) is 16.8 Å². The molecule has 0 aliphatic heterocycles. The molecule has 0 radical (unpaired) electrons. The Labute approximate surface area is 128 Å². The van der Waals surface area contributed by atoms with Gasteiger partial charge in [0.15, 0.2) is 5.69 Å². The molecule has 2 heterocycles. The maximum atomic E-state index is 9.58. The number of aliphatic hydroxyl groups excluding tert-OH is 1. The lowest BCUT2D eigenvalue weighted by molar-refractivity contribution is 0.163. The fourth-order valence-corrected chi connectivity index (χ4v) is 2.32. The Morgan fingerprint density at radius 3 is 2.45 bits per heavy atom. The highest BCUT2D eigenvalue weighted by atomic mass is 16.3. The Hall–Kier alpha value is -2.68. The normalized spacial score (nSPS) is 13.7. The number of nitrogens with zero attached hydrogens (tertiary/aromatic N) is 3. The first kappa shape index (κ1) is 14.3. The van der Waals surface area contributed by atoms with Gasteiger partial charge in [0.05, 0.1) is 24.4 Å². The highest BCUT2D eigenvalue weighted by molar-refractivity contribution is 5.67. The van der Waals surface area contributed by atoms with Gasteiger partial charge in [-0.05, 0) is 30.2 Å². The molecule has 1 aromatic carbocycles. The molecule has 2 aromatic heterocycles. The largest absolute Gasteiger partial charge is 0.391 e. The number of nitrogens with two attached hydrogens (primary N) is 1. The zero-order valence-electron chi connectivity index (χ0n) is 12.1. The van der Waals surface area contributed by atoms with E-state index in [-0.39, 0.29) is 0 Å². The van der Waals surface area contributed by atoms with Crippen LogP contribution in [0.25, 0.3) is 21.6 Å². The number of hydrogen-bond donors (Lipinski definition) is 2. The van der Waals surface area contributed by atoms with Gasteiger partial charge < -0.3 is 15.2 Å². The Kier molecular flexibility index (Phi) is 3.63. The Bertz CT molecular complexity index is 843. The number of aliphatic hydroxyl groups is 1. The van der Waals surface area contributed by atoms with Crippen LogP contribution in [0.4, 0.5) is 5.69 Å². The molecule has 5 heteroatoms. The van der Waals surface area contributed by atoms with Crippen molar-refractivity contribution in [3.05, 3.63) is 65.9 Å². The second kappa shape index (κ2) is 5.60. The van der Waals surface area contributed by atoms with Crippen LogP contribution >= 0.6 is 0 Å².